The van der Waals surface area contributed by atoms with Crippen molar-refractivity contribution in [3.05, 3.63) is 85.2 Å². The lowest BCUT2D eigenvalue weighted by molar-refractivity contribution is 0.0930. The first kappa shape index (κ1) is 33.6. The monoisotopic (exact) mass is 720 g/mol. The van der Waals surface area contributed by atoms with Crippen molar-refractivity contribution in [3.8, 4) is 11.6 Å². The van der Waals surface area contributed by atoms with Gasteiger partial charge in [0.25, 0.3) is 11.1 Å². The summed E-state index contributed by atoms with van der Waals surface area (Å²) in [6.45, 7) is 5.05. The zero-order chi connectivity index (χ0) is 35.2. The summed E-state index contributed by atoms with van der Waals surface area (Å²) in [6.07, 6.45) is 5.09. The number of hydrogen-bond acceptors (Lipinski definition) is 10. The smallest absolute Gasteiger partial charge is 0.334 e. The number of rotatable bonds is 9. The maximum Gasteiger partial charge on any atom is 0.334 e. The van der Waals surface area contributed by atoms with E-state index < -0.39 is 28.4 Å². The van der Waals surface area contributed by atoms with Crippen molar-refractivity contribution < 1.29 is 18.3 Å². The number of halogens is 2. The topological polar surface area (TPSA) is 143 Å². The van der Waals surface area contributed by atoms with Crippen molar-refractivity contribution in [3.63, 3.8) is 0 Å². The van der Waals surface area contributed by atoms with E-state index in [0.29, 0.717) is 76.3 Å². The second-order valence-corrected chi connectivity index (χ2v) is 14.8. The van der Waals surface area contributed by atoms with Crippen LogP contribution in [0.25, 0.3) is 27.6 Å². The van der Waals surface area contributed by atoms with Gasteiger partial charge in [0.1, 0.15) is 28.6 Å². The van der Waals surface area contributed by atoms with Crippen LogP contribution in [0, 0.1) is 17.6 Å². The molecule has 51 heavy (non-hydrogen) atoms. The molecular weight excluding hydrogens is 682 g/mol. The fourth-order valence-corrected chi connectivity index (χ4v) is 8.33. The van der Waals surface area contributed by atoms with E-state index in [4.69, 9.17) is 9.47 Å². The molecule has 6 heterocycles. The summed E-state index contributed by atoms with van der Waals surface area (Å²) >= 11 is 1.73. The van der Waals surface area contributed by atoms with Gasteiger partial charge in [-0.05, 0) is 56.8 Å². The number of nitrogens with one attached hydrogen (secondary N) is 2. The van der Waals surface area contributed by atoms with E-state index in [1.165, 1.54) is 29.0 Å². The minimum Gasteiger partial charge on any atom is -0.493 e. The molecule has 3 aromatic heterocycles. The third-order valence-electron chi connectivity index (χ3n) is 10.2. The number of hydrogen-bond donors (Lipinski definition) is 2. The summed E-state index contributed by atoms with van der Waals surface area (Å²) in [5.41, 5.74) is -0.198. The molecule has 0 amide bonds. The SMILES string of the molecule is Cn1nc(-n2ccc(=O)[nH]c2=O)c2cc(F)c(N3CC(N4CCC(COc5cc(F)c6c(=O)[nH]c(CSC7CCOCC7)nc6c5)CC4)C3)cc21. The van der Waals surface area contributed by atoms with Gasteiger partial charge in [0.15, 0.2) is 5.82 Å². The second kappa shape index (κ2) is 13.9. The first-order valence-corrected chi connectivity index (χ1v) is 18.3. The number of thioether (sulfide) groups is 1. The Morgan fingerprint density at radius 2 is 1.78 bits per heavy atom. The van der Waals surface area contributed by atoms with Crippen molar-refractivity contribution in [1.82, 2.24) is 34.2 Å². The van der Waals surface area contributed by atoms with Crippen molar-refractivity contribution in [2.75, 3.05) is 50.9 Å². The first-order chi connectivity index (χ1) is 24.7. The summed E-state index contributed by atoms with van der Waals surface area (Å²) in [5.74, 6) is 0.921. The third-order valence-corrected chi connectivity index (χ3v) is 11.6. The molecule has 0 aliphatic carbocycles. The summed E-state index contributed by atoms with van der Waals surface area (Å²) < 4.78 is 44.8. The quantitative estimate of drug-likeness (QED) is 0.233. The van der Waals surface area contributed by atoms with E-state index in [2.05, 4.69) is 25.0 Å². The Labute approximate surface area is 294 Å². The Bertz CT molecular complexity index is 2270. The van der Waals surface area contributed by atoms with Crippen LogP contribution < -0.4 is 26.4 Å². The van der Waals surface area contributed by atoms with Gasteiger partial charge < -0.3 is 19.4 Å². The number of anilines is 1. The average Bonchev–Trinajstić information content (AvgIpc) is 3.40. The highest BCUT2D eigenvalue weighted by molar-refractivity contribution is 7.99. The molecular formula is C35H38F2N8O5S. The van der Waals surface area contributed by atoms with Crippen LogP contribution in [-0.2, 0) is 17.5 Å². The molecule has 3 aliphatic heterocycles. The fraction of sp³-hybridized carbons (Fsp3) is 0.457. The number of likely N-dealkylation sites (tertiary alicyclic amines) is 1. The number of aryl methyl sites for hydroxylation is 1. The molecule has 0 atom stereocenters. The normalized spacial score (nSPS) is 18.1. The zero-order valence-electron chi connectivity index (χ0n) is 28.1. The Kier molecular flexibility index (Phi) is 9.14. The van der Waals surface area contributed by atoms with Gasteiger partial charge >= 0.3 is 5.69 Å². The van der Waals surface area contributed by atoms with E-state index in [1.54, 1.807) is 35.6 Å². The number of piperidine rings is 1. The maximum atomic E-state index is 15.5. The molecule has 0 unspecified atom stereocenters. The number of aromatic amines is 2. The van der Waals surface area contributed by atoms with Crippen LogP contribution in [0.4, 0.5) is 14.5 Å². The molecule has 0 radical (unpaired) electrons. The minimum absolute atomic E-state index is 0.0578. The molecule has 2 aromatic carbocycles. The van der Waals surface area contributed by atoms with E-state index in [-0.39, 0.29) is 11.2 Å². The number of benzene rings is 2. The Hall–Kier alpha value is -4.54. The van der Waals surface area contributed by atoms with Crippen LogP contribution in [0.1, 0.15) is 31.5 Å². The van der Waals surface area contributed by atoms with Crippen LogP contribution in [0.2, 0.25) is 0 Å². The van der Waals surface area contributed by atoms with Gasteiger partial charge in [-0.2, -0.15) is 16.9 Å². The predicted octanol–water partition coefficient (Wildman–Crippen LogP) is 3.32. The lowest BCUT2D eigenvalue weighted by atomic mass is 9.94. The zero-order valence-corrected chi connectivity index (χ0v) is 28.9. The number of nitrogens with zero attached hydrogens (tertiary/aromatic N) is 6. The van der Waals surface area contributed by atoms with Crippen LogP contribution >= 0.6 is 11.8 Å². The summed E-state index contributed by atoms with van der Waals surface area (Å²) in [4.78, 5) is 50.5. The number of aromatic nitrogens is 6. The van der Waals surface area contributed by atoms with Gasteiger partial charge in [-0.25, -0.2) is 18.6 Å². The van der Waals surface area contributed by atoms with Crippen LogP contribution in [0.3, 0.4) is 0 Å². The first-order valence-electron chi connectivity index (χ1n) is 17.2. The van der Waals surface area contributed by atoms with Gasteiger partial charge in [-0.15, -0.1) is 0 Å². The fourth-order valence-electron chi connectivity index (χ4n) is 7.27. The molecule has 0 saturated carbocycles. The summed E-state index contributed by atoms with van der Waals surface area (Å²) in [5, 5.41) is 5.29. The third kappa shape index (κ3) is 6.79. The lowest BCUT2D eigenvalue weighted by Gasteiger charge is -2.48. The molecule has 5 aromatic rings. The highest BCUT2D eigenvalue weighted by atomic mass is 32.2. The Balaban J connectivity index is 0.857. The highest BCUT2D eigenvalue weighted by Crippen LogP contribution is 2.34. The maximum absolute atomic E-state index is 15.5. The molecule has 3 saturated heterocycles. The molecule has 0 bridgehead atoms. The van der Waals surface area contributed by atoms with Crippen molar-refractivity contribution >= 4 is 39.3 Å². The van der Waals surface area contributed by atoms with Gasteiger partial charge in [0.05, 0.1) is 29.1 Å². The molecule has 0 spiro atoms. The summed E-state index contributed by atoms with van der Waals surface area (Å²) in [7, 11) is 1.73. The van der Waals surface area contributed by atoms with Crippen molar-refractivity contribution in [1.29, 1.82) is 0 Å². The largest absolute Gasteiger partial charge is 0.493 e. The van der Waals surface area contributed by atoms with Crippen LogP contribution in [0.5, 0.6) is 5.75 Å². The molecule has 3 aliphatic rings. The van der Waals surface area contributed by atoms with Crippen molar-refractivity contribution in [2.24, 2.45) is 13.0 Å². The average molecular weight is 721 g/mol. The minimum atomic E-state index is -0.645. The van der Waals surface area contributed by atoms with E-state index in [1.807, 2.05) is 4.90 Å². The Morgan fingerprint density at radius 1 is 1.00 bits per heavy atom. The van der Waals surface area contributed by atoms with Crippen LogP contribution in [0.15, 0.2) is 50.9 Å². The number of ether oxygens (including phenoxy) is 2. The molecule has 8 rings (SSSR count). The summed E-state index contributed by atoms with van der Waals surface area (Å²) in [6, 6.07) is 7.58. The Morgan fingerprint density at radius 3 is 2.55 bits per heavy atom. The van der Waals surface area contributed by atoms with Gasteiger partial charge in [0, 0.05) is 74.4 Å². The lowest BCUT2D eigenvalue weighted by Crippen LogP contribution is -2.61. The van der Waals surface area contributed by atoms with E-state index in [0.717, 1.165) is 52.0 Å². The van der Waals surface area contributed by atoms with Gasteiger partial charge in [-0.1, -0.05) is 0 Å². The number of fused-ring (bicyclic) bond motifs is 2. The standard InChI is InChI=1S/C35H38F2N8O5S/c1-42-28-15-29(25(36)14-24(28)33(41-42)45-9-4-31(46)40-35(45)48)44-16-21(17-44)43-7-2-20(3-8-43)18-50-22-12-26(37)32-27(13-22)38-30(39-34(32)47)19-51-23-5-10-49-11-6-23/h4,9,12-15,20-21,23H,2-3,5-8,10-11,16-19H2,1H3,(H,38,39,47)(H,40,46,48). The van der Waals surface area contributed by atoms with Crippen molar-refractivity contribution in [2.45, 2.75) is 42.7 Å². The number of H-pyrrole nitrogens is 2. The second-order valence-electron chi connectivity index (χ2n) is 13.5. The molecule has 3 fully saturated rings. The van der Waals surface area contributed by atoms with Gasteiger partial charge in [-0.3, -0.25) is 28.7 Å². The predicted molar refractivity (Wildman–Crippen MR) is 190 cm³/mol. The molecule has 2 N–H and O–H groups in total. The van der Waals surface area contributed by atoms with E-state index >= 15 is 8.78 Å². The molecule has 268 valence electrons. The molecule has 16 heteroatoms. The van der Waals surface area contributed by atoms with E-state index in [9.17, 15) is 14.4 Å². The van der Waals surface area contributed by atoms with Crippen LogP contribution in [-0.4, -0.2) is 91.5 Å². The molecule has 13 nitrogen and oxygen atoms in total. The van der Waals surface area contributed by atoms with Gasteiger partial charge in [0.2, 0.25) is 0 Å². The highest BCUT2D eigenvalue weighted by Gasteiger charge is 2.35.